The van der Waals surface area contributed by atoms with E-state index in [-0.39, 0.29) is 35.1 Å². The van der Waals surface area contributed by atoms with Gasteiger partial charge >= 0.3 is 5.97 Å². The van der Waals surface area contributed by atoms with Crippen molar-refractivity contribution in [1.29, 1.82) is 0 Å². The first kappa shape index (κ1) is 25.0. The number of carboxylic acids is 1. The minimum atomic E-state index is -1.06. The molecule has 1 atom stereocenters. The zero-order valence-corrected chi connectivity index (χ0v) is 20.0. The van der Waals surface area contributed by atoms with Gasteiger partial charge in [0, 0.05) is 17.8 Å². The van der Waals surface area contributed by atoms with E-state index in [0.29, 0.717) is 28.8 Å². The third-order valence-electron chi connectivity index (χ3n) is 5.05. The molecule has 3 aromatic rings. The average molecular weight is 482 g/mol. The molecule has 0 bridgehead atoms. The molecule has 178 valence electrons. The molecule has 2 aromatic carbocycles. The van der Waals surface area contributed by atoms with Gasteiger partial charge in [-0.3, -0.25) is 9.59 Å². The Hall–Kier alpha value is -3.66. The standard InChI is InChI=1S/C24H27N5O4S/c1-4-29-21(20(15(2)3)26-22(31)16-9-6-5-7-10-16)27-28-24(29)34-14-19(30)25-18-12-8-11-17(13-18)23(32)33/h5-13,15,20H,4,14H2,1-3H3,(H,25,30)(H,26,31)(H,32,33). The van der Waals surface area contributed by atoms with Gasteiger partial charge in [0.05, 0.1) is 17.4 Å². The Kier molecular flexibility index (Phi) is 8.42. The molecule has 0 aliphatic heterocycles. The quantitative estimate of drug-likeness (QED) is 0.375. The van der Waals surface area contributed by atoms with Crippen molar-refractivity contribution in [1.82, 2.24) is 20.1 Å². The summed E-state index contributed by atoms with van der Waals surface area (Å²) < 4.78 is 1.89. The van der Waals surface area contributed by atoms with Crippen LogP contribution in [0.5, 0.6) is 0 Å². The fourth-order valence-corrected chi connectivity index (χ4v) is 4.14. The Morgan fingerprint density at radius 1 is 1.03 bits per heavy atom. The maximum atomic E-state index is 12.7. The third kappa shape index (κ3) is 6.22. The molecule has 3 N–H and O–H groups in total. The fraction of sp³-hybridized carbons (Fsp3) is 0.292. The van der Waals surface area contributed by atoms with Gasteiger partial charge in [0.2, 0.25) is 5.91 Å². The largest absolute Gasteiger partial charge is 0.478 e. The second kappa shape index (κ2) is 11.5. The summed E-state index contributed by atoms with van der Waals surface area (Å²) in [5, 5.41) is 24.0. The van der Waals surface area contributed by atoms with Crippen LogP contribution in [0.3, 0.4) is 0 Å². The van der Waals surface area contributed by atoms with E-state index in [2.05, 4.69) is 20.8 Å². The minimum absolute atomic E-state index is 0.0600. The lowest BCUT2D eigenvalue weighted by atomic mass is 10.0. The van der Waals surface area contributed by atoms with E-state index in [9.17, 15) is 14.4 Å². The number of aromatic nitrogens is 3. The number of hydrogen-bond acceptors (Lipinski definition) is 6. The molecule has 10 heteroatoms. The molecule has 0 fully saturated rings. The molecule has 0 aliphatic rings. The lowest BCUT2D eigenvalue weighted by Crippen LogP contribution is -2.33. The molecule has 34 heavy (non-hydrogen) atoms. The predicted molar refractivity (Wildman–Crippen MR) is 130 cm³/mol. The summed E-state index contributed by atoms with van der Waals surface area (Å²) in [5.74, 6) is -0.797. The van der Waals surface area contributed by atoms with Gasteiger partial charge < -0.3 is 20.3 Å². The Labute approximate surface area is 202 Å². The van der Waals surface area contributed by atoms with Gasteiger partial charge in [0.15, 0.2) is 11.0 Å². The number of hydrogen-bond donors (Lipinski definition) is 3. The van der Waals surface area contributed by atoms with Crippen LogP contribution in [0, 0.1) is 5.92 Å². The number of benzene rings is 2. The lowest BCUT2D eigenvalue weighted by Gasteiger charge is -2.22. The minimum Gasteiger partial charge on any atom is -0.478 e. The maximum Gasteiger partial charge on any atom is 0.335 e. The van der Waals surface area contributed by atoms with Crippen LogP contribution in [0.1, 0.15) is 53.4 Å². The number of anilines is 1. The number of amides is 2. The normalized spacial score (nSPS) is 11.8. The van der Waals surface area contributed by atoms with Crippen molar-refractivity contribution in [3.63, 3.8) is 0 Å². The Balaban J connectivity index is 1.69. The smallest absolute Gasteiger partial charge is 0.335 e. The van der Waals surface area contributed by atoms with Crippen LogP contribution >= 0.6 is 11.8 Å². The highest BCUT2D eigenvalue weighted by molar-refractivity contribution is 7.99. The summed E-state index contributed by atoms with van der Waals surface area (Å²) in [6.45, 7) is 6.51. The van der Waals surface area contributed by atoms with E-state index >= 15 is 0 Å². The average Bonchev–Trinajstić information content (AvgIpc) is 3.24. The van der Waals surface area contributed by atoms with Crippen molar-refractivity contribution in [2.24, 2.45) is 5.92 Å². The van der Waals surface area contributed by atoms with Crippen molar-refractivity contribution in [3.8, 4) is 0 Å². The number of nitrogens with zero attached hydrogens (tertiary/aromatic N) is 3. The van der Waals surface area contributed by atoms with E-state index in [4.69, 9.17) is 5.11 Å². The molecule has 1 aromatic heterocycles. The van der Waals surface area contributed by atoms with Crippen LogP contribution in [-0.4, -0.2) is 43.4 Å². The number of aromatic carboxylic acids is 1. The monoisotopic (exact) mass is 481 g/mol. The van der Waals surface area contributed by atoms with Gasteiger partial charge in [-0.2, -0.15) is 0 Å². The van der Waals surface area contributed by atoms with Gasteiger partial charge in [-0.05, 0) is 43.2 Å². The van der Waals surface area contributed by atoms with Gasteiger partial charge in [-0.1, -0.05) is 49.9 Å². The molecule has 0 saturated heterocycles. The molecule has 3 rings (SSSR count). The molecule has 0 saturated carbocycles. The first-order valence-corrected chi connectivity index (χ1v) is 11.8. The second-order valence-electron chi connectivity index (χ2n) is 7.87. The van der Waals surface area contributed by atoms with Crippen LogP contribution < -0.4 is 10.6 Å². The fourth-order valence-electron chi connectivity index (χ4n) is 3.33. The number of thioether (sulfide) groups is 1. The molecule has 2 amide bonds. The van der Waals surface area contributed by atoms with Crippen molar-refractivity contribution in [3.05, 3.63) is 71.5 Å². The first-order chi connectivity index (χ1) is 16.3. The molecule has 1 heterocycles. The maximum absolute atomic E-state index is 12.7. The number of carbonyl (C=O) groups is 3. The van der Waals surface area contributed by atoms with Crippen molar-refractivity contribution in [2.45, 2.75) is 38.5 Å². The summed E-state index contributed by atoms with van der Waals surface area (Å²) in [6, 6.07) is 14.7. The summed E-state index contributed by atoms with van der Waals surface area (Å²) in [7, 11) is 0. The van der Waals surface area contributed by atoms with Gasteiger partial charge in [0.25, 0.3) is 5.91 Å². The lowest BCUT2D eigenvalue weighted by molar-refractivity contribution is -0.113. The molecule has 0 spiro atoms. The van der Waals surface area contributed by atoms with Crippen LogP contribution in [-0.2, 0) is 11.3 Å². The van der Waals surface area contributed by atoms with Gasteiger partial charge in [-0.25, -0.2) is 4.79 Å². The Morgan fingerprint density at radius 3 is 2.38 bits per heavy atom. The molecule has 0 aliphatic carbocycles. The van der Waals surface area contributed by atoms with E-state index < -0.39 is 5.97 Å². The predicted octanol–water partition coefficient (Wildman–Crippen LogP) is 3.85. The van der Waals surface area contributed by atoms with Crippen molar-refractivity contribution < 1.29 is 19.5 Å². The van der Waals surface area contributed by atoms with E-state index in [1.54, 1.807) is 24.3 Å². The zero-order valence-electron chi connectivity index (χ0n) is 19.2. The Morgan fingerprint density at radius 2 is 1.74 bits per heavy atom. The highest BCUT2D eigenvalue weighted by atomic mass is 32.2. The molecular weight excluding hydrogens is 454 g/mol. The van der Waals surface area contributed by atoms with Crippen LogP contribution in [0.25, 0.3) is 0 Å². The topological polar surface area (TPSA) is 126 Å². The summed E-state index contributed by atoms with van der Waals surface area (Å²) >= 11 is 1.22. The number of rotatable bonds is 10. The summed E-state index contributed by atoms with van der Waals surface area (Å²) in [6.07, 6.45) is 0. The summed E-state index contributed by atoms with van der Waals surface area (Å²) in [4.78, 5) is 36.3. The van der Waals surface area contributed by atoms with E-state index in [1.165, 1.54) is 23.9 Å². The third-order valence-corrected chi connectivity index (χ3v) is 6.02. The highest BCUT2D eigenvalue weighted by Gasteiger charge is 2.26. The second-order valence-corrected chi connectivity index (χ2v) is 8.81. The van der Waals surface area contributed by atoms with Gasteiger partial charge in [-0.15, -0.1) is 10.2 Å². The van der Waals surface area contributed by atoms with Gasteiger partial charge in [0.1, 0.15) is 0 Å². The molecule has 9 nitrogen and oxygen atoms in total. The van der Waals surface area contributed by atoms with Crippen molar-refractivity contribution in [2.75, 3.05) is 11.1 Å². The Bertz CT molecular complexity index is 1160. The zero-order chi connectivity index (χ0) is 24.7. The van der Waals surface area contributed by atoms with Crippen molar-refractivity contribution >= 4 is 35.2 Å². The molecule has 1 unspecified atom stereocenters. The SMILES string of the molecule is CCn1c(SCC(=O)Nc2cccc(C(=O)O)c2)nnc1C(NC(=O)c1ccccc1)C(C)C. The van der Waals surface area contributed by atoms with Crippen LogP contribution in [0.15, 0.2) is 59.8 Å². The summed E-state index contributed by atoms with van der Waals surface area (Å²) in [5.41, 5.74) is 1.07. The molecule has 0 radical (unpaired) electrons. The number of carbonyl (C=O) groups excluding carboxylic acids is 2. The van der Waals surface area contributed by atoms with Crippen LogP contribution in [0.2, 0.25) is 0 Å². The van der Waals surface area contributed by atoms with E-state index in [1.807, 2.05) is 43.5 Å². The number of carboxylic acid groups (broad SMARTS) is 1. The number of nitrogens with one attached hydrogen (secondary N) is 2. The van der Waals surface area contributed by atoms with Crippen LogP contribution in [0.4, 0.5) is 5.69 Å². The molecular formula is C24H27N5O4S. The first-order valence-electron chi connectivity index (χ1n) is 10.8. The highest BCUT2D eigenvalue weighted by Crippen LogP contribution is 2.25. The van der Waals surface area contributed by atoms with E-state index in [0.717, 1.165) is 0 Å².